The first-order valence-corrected chi connectivity index (χ1v) is 8.48. The minimum Gasteiger partial charge on any atom is -0.504 e. The Bertz CT molecular complexity index is 814. The molecule has 2 aliphatic rings. The fourth-order valence-corrected chi connectivity index (χ4v) is 4.04. The molecule has 0 aromatic heterocycles. The van der Waals surface area contributed by atoms with E-state index in [9.17, 15) is 10.2 Å². The molecule has 0 unspecified atom stereocenters. The number of phenolic OH excluding ortho intramolecular Hbond substituents is 2. The molecule has 132 valence electrons. The van der Waals surface area contributed by atoms with Crippen LogP contribution in [0.1, 0.15) is 11.1 Å². The number of methoxy groups -OCH3 is 2. The van der Waals surface area contributed by atoms with Crippen molar-refractivity contribution in [3.8, 4) is 34.1 Å². The normalized spacial score (nSPS) is 21.5. The average molecular weight is 342 g/mol. The molecule has 0 spiro atoms. The predicted octanol–water partition coefficient (Wildman–Crippen LogP) is 3.14. The first-order chi connectivity index (χ1) is 12.1. The zero-order chi connectivity index (χ0) is 17.6. The zero-order valence-electron chi connectivity index (χ0n) is 14.4. The second-order valence-corrected chi connectivity index (χ2v) is 6.83. The molecule has 5 heteroatoms. The Balaban J connectivity index is 1.96. The molecule has 2 aromatic rings. The van der Waals surface area contributed by atoms with Gasteiger partial charge in [-0.1, -0.05) is 0 Å². The molecule has 25 heavy (non-hydrogen) atoms. The summed E-state index contributed by atoms with van der Waals surface area (Å²) in [6.45, 7) is 1.48. The smallest absolute Gasteiger partial charge is 0.161 e. The molecule has 0 saturated carbocycles. The summed E-state index contributed by atoms with van der Waals surface area (Å²) in [5.74, 6) is 1.99. The lowest BCUT2D eigenvalue weighted by molar-refractivity contribution is 0.180. The first-order valence-electron chi connectivity index (χ1n) is 8.48. The summed E-state index contributed by atoms with van der Waals surface area (Å²) in [5, 5.41) is 20.0. The molecule has 5 nitrogen and oxygen atoms in total. The van der Waals surface area contributed by atoms with Gasteiger partial charge in [0.15, 0.2) is 23.0 Å². The highest BCUT2D eigenvalue weighted by Crippen LogP contribution is 2.45. The summed E-state index contributed by atoms with van der Waals surface area (Å²) >= 11 is 0. The van der Waals surface area contributed by atoms with Crippen molar-refractivity contribution >= 4 is 0 Å². The Morgan fingerprint density at radius 1 is 0.800 bits per heavy atom. The Morgan fingerprint density at radius 3 is 1.96 bits per heavy atom. The van der Waals surface area contributed by atoms with Gasteiger partial charge in [0, 0.05) is 0 Å². The van der Waals surface area contributed by atoms with Crippen LogP contribution in [-0.4, -0.2) is 37.6 Å². The maximum absolute atomic E-state index is 10.0. The lowest BCUT2D eigenvalue weighted by Gasteiger charge is -2.26. The SMILES string of the molecule is COc1cc2c(cc1OC)-c1cc(O)c(O)cc1C[C@H]1COC[C@@H]1C2. The second kappa shape index (κ2) is 6.15. The monoisotopic (exact) mass is 342 g/mol. The number of rotatable bonds is 2. The molecular weight excluding hydrogens is 320 g/mol. The van der Waals surface area contributed by atoms with Crippen molar-refractivity contribution < 1.29 is 24.4 Å². The minimum atomic E-state index is -0.112. The molecule has 0 radical (unpaired) electrons. The van der Waals surface area contributed by atoms with Gasteiger partial charge in [0.25, 0.3) is 0 Å². The number of aromatic hydroxyl groups is 2. The number of fused-ring (bicyclic) bond motifs is 4. The Morgan fingerprint density at radius 2 is 1.32 bits per heavy atom. The summed E-state index contributed by atoms with van der Waals surface area (Å²) in [6, 6.07) is 7.29. The third-order valence-corrected chi connectivity index (χ3v) is 5.39. The van der Waals surface area contributed by atoms with Crippen LogP contribution in [0.2, 0.25) is 0 Å². The number of benzene rings is 2. The third-order valence-electron chi connectivity index (χ3n) is 5.39. The van der Waals surface area contributed by atoms with Crippen molar-refractivity contribution in [1.29, 1.82) is 0 Å². The summed E-state index contributed by atoms with van der Waals surface area (Å²) in [4.78, 5) is 0. The van der Waals surface area contributed by atoms with Gasteiger partial charge < -0.3 is 24.4 Å². The van der Waals surface area contributed by atoms with E-state index in [2.05, 4.69) is 0 Å². The lowest BCUT2D eigenvalue weighted by Crippen LogP contribution is -2.20. The molecule has 0 amide bonds. The van der Waals surface area contributed by atoms with Crippen LogP contribution in [-0.2, 0) is 17.6 Å². The van der Waals surface area contributed by atoms with Gasteiger partial charge in [-0.2, -0.15) is 0 Å². The topological polar surface area (TPSA) is 68.2 Å². The number of phenols is 2. The van der Waals surface area contributed by atoms with Gasteiger partial charge >= 0.3 is 0 Å². The fraction of sp³-hybridized carbons (Fsp3) is 0.400. The van der Waals surface area contributed by atoms with E-state index >= 15 is 0 Å². The molecule has 2 N–H and O–H groups in total. The van der Waals surface area contributed by atoms with Crippen molar-refractivity contribution in [1.82, 2.24) is 0 Å². The summed E-state index contributed by atoms with van der Waals surface area (Å²) in [6.07, 6.45) is 1.71. The van der Waals surface area contributed by atoms with E-state index in [1.807, 2.05) is 12.1 Å². The standard InChI is InChI=1S/C20H22O5/c1-23-19-6-12-4-14-10-25-9-13(14)3-11-5-17(21)18(22)7-15(11)16(12)8-20(19)24-2/h5-8,13-14,21-22H,3-4,9-10H2,1-2H3/t13-,14-/m0/s1. The molecule has 4 rings (SSSR count). The van der Waals surface area contributed by atoms with Gasteiger partial charge in [0.2, 0.25) is 0 Å². The van der Waals surface area contributed by atoms with Gasteiger partial charge in [-0.3, -0.25) is 0 Å². The molecule has 1 saturated heterocycles. The van der Waals surface area contributed by atoms with E-state index < -0.39 is 0 Å². The number of hydrogen-bond acceptors (Lipinski definition) is 5. The maximum Gasteiger partial charge on any atom is 0.161 e. The molecular formula is C20H22O5. The van der Waals surface area contributed by atoms with E-state index in [1.165, 1.54) is 0 Å². The molecule has 0 bridgehead atoms. The van der Waals surface area contributed by atoms with Crippen LogP contribution in [0.25, 0.3) is 11.1 Å². The Hall–Kier alpha value is -2.40. The molecule has 1 aliphatic heterocycles. The summed E-state index contributed by atoms with van der Waals surface area (Å²) in [5.41, 5.74) is 4.10. The summed E-state index contributed by atoms with van der Waals surface area (Å²) in [7, 11) is 3.25. The van der Waals surface area contributed by atoms with Crippen LogP contribution >= 0.6 is 0 Å². The van der Waals surface area contributed by atoms with E-state index in [-0.39, 0.29) is 11.5 Å². The van der Waals surface area contributed by atoms with E-state index in [0.29, 0.717) is 23.3 Å². The number of ether oxygens (including phenoxy) is 3. The minimum absolute atomic E-state index is 0.0863. The zero-order valence-corrected chi connectivity index (χ0v) is 14.4. The second-order valence-electron chi connectivity index (χ2n) is 6.83. The molecule has 1 heterocycles. The van der Waals surface area contributed by atoms with E-state index in [4.69, 9.17) is 14.2 Å². The highest BCUT2D eigenvalue weighted by molar-refractivity contribution is 5.76. The van der Waals surface area contributed by atoms with E-state index in [0.717, 1.165) is 48.3 Å². The van der Waals surface area contributed by atoms with Crippen LogP contribution in [0, 0.1) is 11.8 Å². The molecule has 1 aliphatic carbocycles. The fourth-order valence-electron chi connectivity index (χ4n) is 4.04. The van der Waals surface area contributed by atoms with Crippen LogP contribution in [0.15, 0.2) is 24.3 Å². The van der Waals surface area contributed by atoms with Gasteiger partial charge in [-0.15, -0.1) is 0 Å². The van der Waals surface area contributed by atoms with Crippen molar-refractivity contribution in [2.24, 2.45) is 11.8 Å². The quantitative estimate of drug-likeness (QED) is 0.821. The van der Waals surface area contributed by atoms with Crippen LogP contribution in [0.3, 0.4) is 0 Å². The first kappa shape index (κ1) is 16.1. The number of hydrogen-bond donors (Lipinski definition) is 2. The predicted molar refractivity (Wildman–Crippen MR) is 93.5 cm³/mol. The third kappa shape index (κ3) is 2.68. The van der Waals surface area contributed by atoms with Crippen LogP contribution in [0.4, 0.5) is 0 Å². The highest BCUT2D eigenvalue weighted by Gasteiger charge is 2.33. The Labute approximate surface area is 146 Å². The molecule has 2 aromatic carbocycles. The van der Waals surface area contributed by atoms with Gasteiger partial charge in [-0.05, 0) is 71.2 Å². The van der Waals surface area contributed by atoms with Crippen LogP contribution < -0.4 is 9.47 Å². The summed E-state index contributed by atoms with van der Waals surface area (Å²) < 4.78 is 16.7. The van der Waals surface area contributed by atoms with Gasteiger partial charge in [0.1, 0.15) is 0 Å². The van der Waals surface area contributed by atoms with Gasteiger partial charge in [-0.25, -0.2) is 0 Å². The average Bonchev–Trinajstić information content (AvgIpc) is 3.02. The lowest BCUT2D eigenvalue weighted by atomic mass is 9.78. The van der Waals surface area contributed by atoms with Gasteiger partial charge in [0.05, 0.1) is 27.4 Å². The van der Waals surface area contributed by atoms with Crippen molar-refractivity contribution in [3.63, 3.8) is 0 Å². The maximum atomic E-state index is 10.0. The molecule has 1 fully saturated rings. The largest absolute Gasteiger partial charge is 0.504 e. The van der Waals surface area contributed by atoms with Crippen molar-refractivity contribution in [2.75, 3.05) is 27.4 Å². The van der Waals surface area contributed by atoms with Crippen molar-refractivity contribution in [2.45, 2.75) is 12.8 Å². The van der Waals surface area contributed by atoms with E-state index in [1.54, 1.807) is 26.4 Å². The van der Waals surface area contributed by atoms with Crippen LogP contribution in [0.5, 0.6) is 23.0 Å². The Kier molecular flexibility index (Phi) is 3.96. The highest BCUT2D eigenvalue weighted by atomic mass is 16.5. The van der Waals surface area contributed by atoms with Crippen molar-refractivity contribution in [3.05, 3.63) is 35.4 Å². The molecule has 2 atom stereocenters.